The zero-order valence-electron chi connectivity index (χ0n) is 10.0. The molecule has 0 aliphatic rings. The Morgan fingerprint density at radius 3 is 2.28 bits per heavy atom. The van der Waals surface area contributed by atoms with E-state index >= 15 is 0 Å². The quantitative estimate of drug-likeness (QED) is 0.905. The minimum atomic E-state index is -0.800. The zero-order valence-corrected chi connectivity index (χ0v) is 10.9. The number of benzene rings is 2. The molecule has 0 radical (unpaired) electrons. The molecule has 2 rings (SSSR count). The van der Waals surface area contributed by atoms with Gasteiger partial charge in [-0.15, -0.1) is 11.8 Å². The minimum absolute atomic E-state index is 0.526. The van der Waals surface area contributed by atoms with E-state index in [0.717, 1.165) is 16.7 Å². The van der Waals surface area contributed by atoms with Crippen LogP contribution in [0.25, 0.3) is 11.1 Å². The number of rotatable bonds is 4. The van der Waals surface area contributed by atoms with Crippen molar-refractivity contribution < 1.29 is 9.90 Å². The van der Waals surface area contributed by atoms with E-state index < -0.39 is 11.2 Å². The van der Waals surface area contributed by atoms with Crippen LogP contribution in [0, 0.1) is 0 Å². The van der Waals surface area contributed by atoms with Gasteiger partial charge in [0.25, 0.3) is 0 Å². The van der Waals surface area contributed by atoms with Gasteiger partial charge in [-0.2, -0.15) is 0 Å². The molecule has 1 atom stereocenters. The molecule has 2 aromatic carbocycles. The van der Waals surface area contributed by atoms with E-state index in [1.807, 2.05) is 60.9 Å². The van der Waals surface area contributed by atoms with E-state index in [9.17, 15) is 9.90 Å². The van der Waals surface area contributed by atoms with Crippen molar-refractivity contribution in [1.29, 1.82) is 0 Å². The van der Waals surface area contributed by atoms with E-state index in [1.54, 1.807) is 0 Å². The first-order chi connectivity index (χ1) is 8.74. The third-order valence-electron chi connectivity index (χ3n) is 2.79. The molecule has 1 N–H and O–H groups in total. The summed E-state index contributed by atoms with van der Waals surface area (Å²) in [6.45, 7) is 0. The Balaban J connectivity index is 2.53. The topological polar surface area (TPSA) is 37.3 Å². The fourth-order valence-electron chi connectivity index (χ4n) is 1.97. The van der Waals surface area contributed by atoms with Gasteiger partial charge in [-0.25, -0.2) is 0 Å². The monoisotopic (exact) mass is 258 g/mol. The van der Waals surface area contributed by atoms with Crippen LogP contribution in [0.15, 0.2) is 54.6 Å². The number of carbonyl (C=O) groups is 1. The Bertz CT molecular complexity index is 537. The first-order valence-corrected chi connectivity index (χ1v) is 6.92. The molecule has 0 heterocycles. The largest absolute Gasteiger partial charge is 0.480 e. The standard InChI is InChI=1S/C15H14O2S/c1-18-14(15(16)17)13-10-6-5-9-12(13)11-7-3-2-4-8-11/h2-10,14H,1H3,(H,16,17). The molecule has 3 heteroatoms. The van der Waals surface area contributed by atoms with Gasteiger partial charge in [0.2, 0.25) is 0 Å². The lowest BCUT2D eigenvalue weighted by molar-refractivity contribution is -0.136. The average molecular weight is 258 g/mol. The summed E-state index contributed by atoms with van der Waals surface area (Å²) < 4.78 is 0. The average Bonchev–Trinajstić information content (AvgIpc) is 2.41. The summed E-state index contributed by atoms with van der Waals surface area (Å²) in [6, 6.07) is 17.5. The van der Waals surface area contributed by atoms with Gasteiger partial charge < -0.3 is 5.11 Å². The summed E-state index contributed by atoms with van der Waals surface area (Å²) in [7, 11) is 0. The third-order valence-corrected chi connectivity index (χ3v) is 3.72. The third kappa shape index (κ3) is 2.57. The van der Waals surface area contributed by atoms with E-state index in [0.29, 0.717) is 0 Å². The summed E-state index contributed by atoms with van der Waals surface area (Å²) in [5, 5.41) is 8.75. The van der Waals surface area contributed by atoms with Gasteiger partial charge in [-0.1, -0.05) is 54.6 Å². The van der Waals surface area contributed by atoms with Gasteiger partial charge in [0.1, 0.15) is 5.25 Å². The Morgan fingerprint density at radius 2 is 1.67 bits per heavy atom. The van der Waals surface area contributed by atoms with Crippen LogP contribution < -0.4 is 0 Å². The second kappa shape index (κ2) is 5.74. The number of hydrogen-bond donors (Lipinski definition) is 1. The van der Waals surface area contributed by atoms with Gasteiger partial charge in [-0.05, 0) is 22.9 Å². The van der Waals surface area contributed by atoms with Crippen molar-refractivity contribution in [3.8, 4) is 11.1 Å². The van der Waals surface area contributed by atoms with Gasteiger partial charge in [0.05, 0.1) is 0 Å². The van der Waals surface area contributed by atoms with Crippen LogP contribution in [-0.2, 0) is 4.79 Å². The molecule has 0 bridgehead atoms. The van der Waals surface area contributed by atoms with Gasteiger partial charge in [0, 0.05) is 0 Å². The number of carboxylic acid groups (broad SMARTS) is 1. The summed E-state index contributed by atoms with van der Waals surface area (Å²) >= 11 is 1.34. The van der Waals surface area contributed by atoms with Crippen molar-refractivity contribution in [1.82, 2.24) is 0 Å². The predicted octanol–water partition coefficient (Wildman–Crippen LogP) is 3.84. The Morgan fingerprint density at radius 1 is 1.06 bits per heavy atom. The molecule has 1 unspecified atom stereocenters. The van der Waals surface area contributed by atoms with Gasteiger partial charge in [-0.3, -0.25) is 4.79 Å². The van der Waals surface area contributed by atoms with Crippen molar-refractivity contribution in [2.24, 2.45) is 0 Å². The molecule has 0 aromatic heterocycles. The van der Waals surface area contributed by atoms with Crippen LogP contribution in [0.3, 0.4) is 0 Å². The molecular formula is C15H14O2S. The summed E-state index contributed by atoms with van der Waals surface area (Å²) in [6.07, 6.45) is 1.82. The van der Waals surface area contributed by atoms with Crippen LogP contribution in [0.5, 0.6) is 0 Å². The predicted molar refractivity (Wildman–Crippen MR) is 75.8 cm³/mol. The van der Waals surface area contributed by atoms with Crippen LogP contribution >= 0.6 is 11.8 Å². The lowest BCUT2D eigenvalue weighted by Crippen LogP contribution is -2.08. The molecule has 0 aliphatic carbocycles. The highest BCUT2D eigenvalue weighted by Crippen LogP contribution is 2.34. The second-order valence-corrected chi connectivity index (χ2v) is 4.85. The summed E-state index contributed by atoms with van der Waals surface area (Å²) in [4.78, 5) is 11.3. The molecule has 2 nitrogen and oxygen atoms in total. The lowest BCUT2D eigenvalue weighted by Gasteiger charge is -2.15. The van der Waals surface area contributed by atoms with Crippen molar-refractivity contribution >= 4 is 17.7 Å². The van der Waals surface area contributed by atoms with Crippen LogP contribution in [0.1, 0.15) is 10.8 Å². The fourth-order valence-corrected chi connectivity index (χ4v) is 2.63. The van der Waals surface area contributed by atoms with E-state index in [2.05, 4.69) is 0 Å². The fraction of sp³-hybridized carbons (Fsp3) is 0.133. The first kappa shape index (κ1) is 12.7. The highest BCUT2D eigenvalue weighted by atomic mass is 32.2. The lowest BCUT2D eigenvalue weighted by atomic mass is 9.97. The second-order valence-electron chi connectivity index (χ2n) is 3.91. The van der Waals surface area contributed by atoms with Crippen molar-refractivity contribution in [3.63, 3.8) is 0 Å². The highest BCUT2D eigenvalue weighted by Gasteiger charge is 2.21. The number of aliphatic carboxylic acids is 1. The molecule has 0 fully saturated rings. The normalized spacial score (nSPS) is 12.1. The molecule has 0 spiro atoms. The number of carboxylic acids is 1. The maximum absolute atomic E-state index is 11.3. The summed E-state index contributed by atoms with van der Waals surface area (Å²) in [5.74, 6) is -0.800. The Labute approximate surface area is 111 Å². The van der Waals surface area contributed by atoms with Crippen LogP contribution in [-0.4, -0.2) is 17.3 Å². The van der Waals surface area contributed by atoms with Gasteiger partial charge >= 0.3 is 5.97 Å². The van der Waals surface area contributed by atoms with Crippen molar-refractivity contribution in [2.45, 2.75) is 5.25 Å². The first-order valence-electron chi connectivity index (χ1n) is 5.64. The van der Waals surface area contributed by atoms with E-state index in [4.69, 9.17) is 0 Å². The maximum Gasteiger partial charge on any atom is 0.321 e. The molecular weight excluding hydrogens is 244 g/mol. The van der Waals surface area contributed by atoms with Crippen LogP contribution in [0.4, 0.5) is 0 Å². The highest BCUT2D eigenvalue weighted by molar-refractivity contribution is 7.99. The molecule has 2 aromatic rings. The molecule has 0 saturated heterocycles. The molecule has 18 heavy (non-hydrogen) atoms. The van der Waals surface area contributed by atoms with Crippen molar-refractivity contribution in [3.05, 3.63) is 60.2 Å². The summed E-state index contributed by atoms with van der Waals surface area (Å²) in [5.41, 5.74) is 2.89. The number of thioether (sulfide) groups is 1. The molecule has 0 aliphatic heterocycles. The van der Waals surface area contributed by atoms with Gasteiger partial charge in [0.15, 0.2) is 0 Å². The SMILES string of the molecule is CSC(C(=O)O)c1ccccc1-c1ccccc1. The zero-order chi connectivity index (χ0) is 13.0. The maximum atomic E-state index is 11.3. The molecule has 0 amide bonds. The van der Waals surface area contributed by atoms with Crippen LogP contribution in [0.2, 0.25) is 0 Å². The molecule has 92 valence electrons. The van der Waals surface area contributed by atoms with E-state index in [-0.39, 0.29) is 0 Å². The molecule has 0 saturated carbocycles. The number of hydrogen-bond acceptors (Lipinski definition) is 2. The van der Waals surface area contributed by atoms with Crippen molar-refractivity contribution in [2.75, 3.05) is 6.26 Å². The Kier molecular flexibility index (Phi) is 4.05. The smallest absolute Gasteiger partial charge is 0.321 e. The minimum Gasteiger partial charge on any atom is -0.480 e. The Hall–Kier alpha value is -1.74. The van der Waals surface area contributed by atoms with E-state index in [1.165, 1.54) is 11.8 Å².